The molecule has 0 amide bonds. The number of H-pyrrole nitrogens is 1. The summed E-state index contributed by atoms with van der Waals surface area (Å²) >= 11 is 0. The van der Waals surface area contributed by atoms with Crippen molar-refractivity contribution in [3.05, 3.63) is 114 Å². The fourth-order valence-corrected chi connectivity index (χ4v) is 3.23. The molecule has 0 saturated heterocycles. The topological polar surface area (TPSA) is 40.7 Å². The molecule has 0 saturated carbocycles. The van der Waals surface area contributed by atoms with Crippen molar-refractivity contribution in [1.29, 1.82) is 0 Å². The first-order valence-corrected chi connectivity index (χ1v) is 9.30. The van der Waals surface area contributed by atoms with Gasteiger partial charge in [0, 0.05) is 6.54 Å². The Morgan fingerprint density at radius 3 is 2.00 bits per heavy atom. The number of benzene rings is 3. The number of hydrogen-bond acceptors (Lipinski definition) is 2. The molecule has 27 heavy (non-hydrogen) atoms. The summed E-state index contributed by atoms with van der Waals surface area (Å²) in [6.45, 7) is 0.805. The summed E-state index contributed by atoms with van der Waals surface area (Å²) in [5.41, 5.74) is 4.76. The molecular weight excluding hydrogens is 330 g/mol. The Balaban J connectivity index is 1.56. The highest BCUT2D eigenvalue weighted by molar-refractivity contribution is 5.58. The highest BCUT2D eigenvalue weighted by Gasteiger charge is 2.16. The maximum Gasteiger partial charge on any atom is 0.124 e. The van der Waals surface area contributed by atoms with E-state index in [1.54, 1.807) is 0 Å². The summed E-state index contributed by atoms with van der Waals surface area (Å²) in [7, 11) is 0. The molecule has 2 N–H and O–H groups in total. The van der Waals surface area contributed by atoms with Crippen molar-refractivity contribution in [2.45, 2.75) is 19.0 Å². The van der Waals surface area contributed by atoms with Gasteiger partial charge in [0.05, 0.1) is 17.9 Å². The molecule has 3 heteroatoms. The van der Waals surface area contributed by atoms with Crippen LogP contribution in [0.3, 0.4) is 0 Å². The van der Waals surface area contributed by atoms with E-state index in [9.17, 15) is 0 Å². The van der Waals surface area contributed by atoms with Gasteiger partial charge in [0.25, 0.3) is 0 Å². The molecule has 0 bridgehead atoms. The standard InChI is InChI=1S/C24H23N3/c1-4-10-19(11-5-1)16-22(25-17-20-12-6-2-7-13-20)24-26-18-23(27-24)21-14-8-3-9-15-21/h1-15,18,22,25H,16-17H2,(H,26,27)/t22-/m1/s1. The summed E-state index contributed by atoms with van der Waals surface area (Å²) < 4.78 is 0. The number of aromatic nitrogens is 2. The normalized spacial score (nSPS) is 12.0. The second kappa shape index (κ2) is 8.47. The third kappa shape index (κ3) is 4.52. The van der Waals surface area contributed by atoms with Crippen molar-refractivity contribution in [2.75, 3.05) is 0 Å². The van der Waals surface area contributed by atoms with Crippen LogP contribution in [-0.2, 0) is 13.0 Å². The number of rotatable bonds is 7. The number of aromatic amines is 1. The number of nitrogens with one attached hydrogen (secondary N) is 2. The van der Waals surface area contributed by atoms with Gasteiger partial charge < -0.3 is 10.3 Å². The van der Waals surface area contributed by atoms with E-state index in [-0.39, 0.29) is 6.04 Å². The van der Waals surface area contributed by atoms with Gasteiger partial charge in [-0.2, -0.15) is 0 Å². The first-order chi connectivity index (χ1) is 13.4. The van der Waals surface area contributed by atoms with Crippen LogP contribution in [-0.4, -0.2) is 9.97 Å². The SMILES string of the molecule is c1ccc(CN[C@H](Cc2ccccc2)c2ncc(-c3ccccc3)[nH]2)cc1. The average Bonchev–Trinajstić information content (AvgIpc) is 3.23. The summed E-state index contributed by atoms with van der Waals surface area (Å²) in [5, 5.41) is 3.67. The molecule has 0 fully saturated rings. The van der Waals surface area contributed by atoms with E-state index < -0.39 is 0 Å². The number of imidazole rings is 1. The molecule has 0 radical (unpaired) electrons. The molecular formula is C24H23N3. The lowest BCUT2D eigenvalue weighted by atomic mass is 10.0. The van der Waals surface area contributed by atoms with Gasteiger partial charge in [0.15, 0.2) is 0 Å². The van der Waals surface area contributed by atoms with Crippen molar-refractivity contribution in [2.24, 2.45) is 0 Å². The van der Waals surface area contributed by atoms with Gasteiger partial charge in [-0.25, -0.2) is 4.98 Å². The summed E-state index contributed by atoms with van der Waals surface area (Å²) in [6.07, 6.45) is 2.81. The summed E-state index contributed by atoms with van der Waals surface area (Å²) in [5.74, 6) is 0.966. The predicted molar refractivity (Wildman–Crippen MR) is 110 cm³/mol. The van der Waals surface area contributed by atoms with Crippen molar-refractivity contribution in [3.63, 3.8) is 0 Å². The van der Waals surface area contributed by atoms with E-state index in [1.165, 1.54) is 11.1 Å². The second-order valence-corrected chi connectivity index (χ2v) is 6.66. The van der Waals surface area contributed by atoms with Gasteiger partial charge >= 0.3 is 0 Å². The minimum Gasteiger partial charge on any atom is -0.341 e. The van der Waals surface area contributed by atoms with Crippen LogP contribution in [0.5, 0.6) is 0 Å². The highest BCUT2D eigenvalue weighted by Crippen LogP contribution is 2.21. The van der Waals surface area contributed by atoms with Crippen molar-refractivity contribution < 1.29 is 0 Å². The summed E-state index contributed by atoms with van der Waals surface area (Å²) in [6, 6.07) is 31.5. The van der Waals surface area contributed by atoms with Gasteiger partial charge in [-0.3, -0.25) is 0 Å². The maximum atomic E-state index is 4.68. The van der Waals surface area contributed by atoms with Gasteiger partial charge in [0.1, 0.15) is 5.82 Å². The first-order valence-electron chi connectivity index (χ1n) is 9.30. The molecule has 0 aliphatic carbocycles. The molecule has 0 unspecified atom stereocenters. The van der Waals surface area contributed by atoms with Crippen molar-refractivity contribution in [1.82, 2.24) is 15.3 Å². The lowest BCUT2D eigenvalue weighted by Gasteiger charge is -2.17. The molecule has 1 atom stereocenters. The molecule has 134 valence electrons. The zero-order valence-electron chi connectivity index (χ0n) is 15.2. The third-order valence-corrected chi connectivity index (χ3v) is 4.69. The van der Waals surface area contributed by atoms with Crippen LogP contribution in [0, 0.1) is 0 Å². The zero-order chi connectivity index (χ0) is 18.3. The largest absolute Gasteiger partial charge is 0.341 e. The van der Waals surface area contributed by atoms with E-state index in [2.05, 4.69) is 82.0 Å². The molecule has 0 aliphatic heterocycles. The van der Waals surface area contributed by atoms with Gasteiger partial charge in [-0.15, -0.1) is 0 Å². The van der Waals surface area contributed by atoms with Crippen LogP contribution in [0.25, 0.3) is 11.3 Å². The van der Waals surface area contributed by atoms with E-state index in [1.807, 2.05) is 30.5 Å². The van der Waals surface area contributed by atoms with Crippen molar-refractivity contribution >= 4 is 0 Å². The Hall–Kier alpha value is -3.17. The number of nitrogens with zero attached hydrogens (tertiary/aromatic N) is 1. The van der Waals surface area contributed by atoms with Crippen LogP contribution in [0.1, 0.15) is 23.0 Å². The zero-order valence-corrected chi connectivity index (χ0v) is 15.2. The third-order valence-electron chi connectivity index (χ3n) is 4.69. The molecule has 1 aromatic heterocycles. The van der Waals surface area contributed by atoms with Gasteiger partial charge in [-0.1, -0.05) is 91.0 Å². The van der Waals surface area contributed by atoms with Crippen LogP contribution >= 0.6 is 0 Å². The van der Waals surface area contributed by atoms with E-state index in [0.29, 0.717) is 0 Å². The minimum atomic E-state index is 0.116. The van der Waals surface area contributed by atoms with Crippen LogP contribution in [0.2, 0.25) is 0 Å². The lowest BCUT2D eigenvalue weighted by Crippen LogP contribution is -2.24. The molecule has 0 aliphatic rings. The van der Waals surface area contributed by atoms with E-state index in [4.69, 9.17) is 0 Å². The van der Waals surface area contributed by atoms with Gasteiger partial charge in [-0.05, 0) is 23.1 Å². The van der Waals surface area contributed by atoms with Crippen LogP contribution in [0.15, 0.2) is 97.2 Å². The highest BCUT2D eigenvalue weighted by atomic mass is 15.0. The van der Waals surface area contributed by atoms with Crippen LogP contribution in [0.4, 0.5) is 0 Å². The second-order valence-electron chi connectivity index (χ2n) is 6.66. The fraction of sp³-hybridized carbons (Fsp3) is 0.125. The first kappa shape index (κ1) is 17.3. The molecule has 3 aromatic carbocycles. The average molecular weight is 353 g/mol. The fourth-order valence-electron chi connectivity index (χ4n) is 3.23. The maximum absolute atomic E-state index is 4.68. The Labute approximate surface area is 160 Å². The smallest absolute Gasteiger partial charge is 0.124 e. The molecule has 1 heterocycles. The lowest BCUT2D eigenvalue weighted by molar-refractivity contribution is 0.509. The Morgan fingerprint density at radius 2 is 1.33 bits per heavy atom. The van der Waals surface area contributed by atoms with Gasteiger partial charge in [0.2, 0.25) is 0 Å². The Bertz CT molecular complexity index is 947. The molecule has 4 rings (SSSR count). The van der Waals surface area contributed by atoms with Crippen molar-refractivity contribution in [3.8, 4) is 11.3 Å². The van der Waals surface area contributed by atoms with E-state index in [0.717, 1.165) is 30.0 Å². The van der Waals surface area contributed by atoms with E-state index >= 15 is 0 Å². The predicted octanol–water partition coefficient (Wildman–Crippen LogP) is 5.15. The number of hydrogen-bond donors (Lipinski definition) is 2. The van der Waals surface area contributed by atoms with Crippen LogP contribution < -0.4 is 5.32 Å². The molecule has 3 nitrogen and oxygen atoms in total. The molecule has 0 spiro atoms. The summed E-state index contributed by atoms with van der Waals surface area (Å²) in [4.78, 5) is 8.20. The quantitative estimate of drug-likeness (QED) is 0.482. The minimum absolute atomic E-state index is 0.116. The Morgan fingerprint density at radius 1 is 0.741 bits per heavy atom. The molecule has 4 aromatic rings. The Kier molecular flexibility index (Phi) is 5.42. The monoisotopic (exact) mass is 353 g/mol.